The summed E-state index contributed by atoms with van der Waals surface area (Å²) in [5.41, 5.74) is 3.55. The van der Waals surface area contributed by atoms with Gasteiger partial charge in [0.05, 0.1) is 51.5 Å². The largest absolute Gasteiger partial charge is 0.494 e. The van der Waals surface area contributed by atoms with E-state index >= 15 is 0 Å². The van der Waals surface area contributed by atoms with Crippen LogP contribution in [0.2, 0.25) is 0 Å². The van der Waals surface area contributed by atoms with Crippen LogP contribution in [0.25, 0.3) is 10.8 Å². The smallest absolute Gasteiger partial charge is 0.323 e. The lowest BCUT2D eigenvalue weighted by Crippen LogP contribution is -2.39. The number of urea groups is 1. The maximum absolute atomic E-state index is 13.6. The second-order valence-electron chi connectivity index (χ2n) is 14.7. The molecule has 5 N–H and O–H groups in total. The molecular weight excluding hydrogens is 769 g/mol. The highest BCUT2D eigenvalue weighted by atomic mass is 16.6. The van der Waals surface area contributed by atoms with Crippen molar-refractivity contribution in [2.75, 3.05) is 70.3 Å². The number of anilines is 4. The van der Waals surface area contributed by atoms with Gasteiger partial charge in [0.25, 0.3) is 5.91 Å². The maximum atomic E-state index is 13.6. The molecule has 318 valence electrons. The van der Waals surface area contributed by atoms with Gasteiger partial charge in [-0.2, -0.15) is 0 Å². The van der Waals surface area contributed by atoms with Gasteiger partial charge in [0.1, 0.15) is 23.1 Å². The molecule has 0 aliphatic heterocycles. The van der Waals surface area contributed by atoms with Crippen LogP contribution in [0.15, 0.2) is 91.1 Å². The number of methoxy groups -OCH3 is 3. The molecule has 0 aliphatic carbocycles. The first-order valence-electron chi connectivity index (χ1n) is 19.4. The van der Waals surface area contributed by atoms with Gasteiger partial charge in [0.2, 0.25) is 5.91 Å². The molecule has 0 radical (unpaired) electrons. The topological polar surface area (TPSA) is 180 Å². The number of benzene rings is 4. The number of hydrogen-bond donors (Lipinski definition) is 5. The summed E-state index contributed by atoms with van der Waals surface area (Å²) in [6.07, 6.45) is 0.964. The molecule has 15 heteroatoms. The number of aromatic nitrogens is 1. The van der Waals surface area contributed by atoms with Crippen LogP contribution in [-0.4, -0.2) is 83.4 Å². The number of pyridine rings is 1. The lowest BCUT2D eigenvalue weighted by Gasteiger charge is -2.24. The number of rotatable bonds is 20. The standard InChI is InChI=1S/C45H54N6O9/c1-29(52)47-27-31-23-32(45(2,3)4)25-38(42(31)57-7)50-44(54)49-37-15-16-39(36-14-9-8-13-35(36)37)60-34-17-18-46-40(26-34)48-33-12-10-11-30(24-33)43(53)51-41(56-6)28-59-22-21-58-20-19-55-5/h8-18,23-26,41H,19-22,27-28H2,1-7H3,(H,46,48)(H,47,52)(H,51,53)(H2,49,50,54). The van der Waals surface area contributed by atoms with Crippen LogP contribution in [0.4, 0.5) is 27.7 Å². The Labute approximate surface area is 350 Å². The summed E-state index contributed by atoms with van der Waals surface area (Å²) in [5, 5.41) is 16.4. The molecule has 5 rings (SSSR count). The number of nitrogens with one attached hydrogen (secondary N) is 5. The molecule has 0 bridgehead atoms. The highest BCUT2D eigenvalue weighted by Crippen LogP contribution is 2.37. The number of nitrogens with zero attached hydrogens (tertiary/aromatic N) is 1. The van der Waals surface area contributed by atoms with E-state index in [1.165, 1.54) is 21.1 Å². The van der Waals surface area contributed by atoms with E-state index in [9.17, 15) is 14.4 Å². The SMILES string of the molecule is COCCOCCOCC(NC(=O)c1cccc(Nc2cc(Oc3ccc(NC(=O)Nc4cc(C(C)(C)C)cc(CNC(C)=O)c4OC)c4ccccc34)ccn2)c1)OC. The van der Waals surface area contributed by atoms with Gasteiger partial charge in [0, 0.05) is 67.5 Å². The molecule has 0 spiro atoms. The maximum Gasteiger partial charge on any atom is 0.323 e. The van der Waals surface area contributed by atoms with Gasteiger partial charge < -0.3 is 55.0 Å². The zero-order valence-corrected chi connectivity index (χ0v) is 35.1. The summed E-state index contributed by atoms with van der Waals surface area (Å²) in [4.78, 5) is 42.8. The second-order valence-corrected chi connectivity index (χ2v) is 14.7. The minimum absolute atomic E-state index is 0.153. The van der Waals surface area contributed by atoms with Gasteiger partial charge in [-0.1, -0.05) is 51.1 Å². The predicted octanol–water partition coefficient (Wildman–Crippen LogP) is 7.74. The number of ether oxygens (including phenoxy) is 6. The molecule has 5 aromatic rings. The highest BCUT2D eigenvalue weighted by molar-refractivity contribution is 6.08. The zero-order chi connectivity index (χ0) is 43.1. The van der Waals surface area contributed by atoms with Gasteiger partial charge in [-0.3, -0.25) is 9.59 Å². The first-order chi connectivity index (χ1) is 28.9. The van der Waals surface area contributed by atoms with Crippen LogP contribution in [0, 0.1) is 0 Å². The van der Waals surface area contributed by atoms with Crippen molar-refractivity contribution < 1.29 is 42.8 Å². The Hall–Kier alpha value is -6.26. The Kier molecular flexibility index (Phi) is 16.2. The summed E-state index contributed by atoms with van der Waals surface area (Å²) in [5.74, 6) is 1.51. The van der Waals surface area contributed by atoms with E-state index in [0.29, 0.717) is 72.1 Å². The fourth-order valence-electron chi connectivity index (χ4n) is 6.06. The van der Waals surface area contributed by atoms with Gasteiger partial charge in [-0.15, -0.1) is 0 Å². The average molecular weight is 823 g/mol. The van der Waals surface area contributed by atoms with Gasteiger partial charge in [0.15, 0.2) is 6.23 Å². The first kappa shape index (κ1) is 44.8. The van der Waals surface area contributed by atoms with Gasteiger partial charge >= 0.3 is 6.03 Å². The molecule has 0 fully saturated rings. The van der Waals surface area contributed by atoms with Crippen molar-refractivity contribution in [1.82, 2.24) is 15.6 Å². The summed E-state index contributed by atoms with van der Waals surface area (Å²) < 4.78 is 33.4. The highest BCUT2D eigenvalue weighted by Gasteiger charge is 2.22. The minimum Gasteiger partial charge on any atom is -0.494 e. The van der Waals surface area contributed by atoms with Crippen LogP contribution in [0.5, 0.6) is 17.2 Å². The van der Waals surface area contributed by atoms with Crippen molar-refractivity contribution in [2.45, 2.75) is 45.9 Å². The molecule has 0 saturated heterocycles. The predicted molar refractivity (Wildman–Crippen MR) is 232 cm³/mol. The van der Waals surface area contributed by atoms with Gasteiger partial charge in [-0.05, 0) is 59.5 Å². The monoisotopic (exact) mass is 822 g/mol. The lowest BCUT2D eigenvalue weighted by atomic mass is 9.85. The van der Waals surface area contributed by atoms with Crippen molar-refractivity contribution in [3.05, 3.63) is 108 Å². The number of carbonyl (C=O) groups is 3. The van der Waals surface area contributed by atoms with Crippen LogP contribution in [0.3, 0.4) is 0 Å². The summed E-state index contributed by atoms with van der Waals surface area (Å²) in [6, 6.07) is 25.0. The molecule has 1 heterocycles. The number of fused-ring (bicyclic) bond motifs is 1. The molecule has 60 heavy (non-hydrogen) atoms. The molecule has 0 aliphatic rings. The fraction of sp³-hybridized carbons (Fsp3) is 0.333. The van der Waals surface area contributed by atoms with E-state index in [-0.39, 0.29) is 30.4 Å². The van der Waals surface area contributed by atoms with Crippen LogP contribution in [0.1, 0.15) is 49.2 Å². The van der Waals surface area contributed by atoms with E-state index < -0.39 is 12.3 Å². The van der Waals surface area contributed by atoms with Crippen LogP contribution < -0.4 is 36.1 Å². The number of hydrogen-bond acceptors (Lipinski definition) is 11. The molecule has 4 aromatic carbocycles. The van der Waals surface area contributed by atoms with E-state index in [1.54, 1.807) is 55.8 Å². The Morgan fingerprint density at radius 3 is 2.27 bits per heavy atom. The van der Waals surface area contributed by atoms with Crippen LogP contribution in [-0.2, 0) is 35.7 Å². The second kappa shape index (κ2) is 21.7. The zero-order valence-electron chi connectivity index (χ0n) is 35.1. The lowest BCUT2D eigenvalue weighted by molar-refractivity contribution is -0.119. The van der Waals surface area contributed by atoms with Crippen molar-refractivity contribution >= 4 is 51.5 Å². The molecular formula is C45H54N6O9. The first-order valence-corrected chi connectivity index (χ1v) is 19.4. The fourth-order valence-corrected chi connectivity index (χ4v) is 6.06. The third kappa shape index (κ3) is 12.9. The average Bonchev–Trinajstić information content (AvgIpc) is 3.22. The summed E-state index contributed by atoms with van der Waals surface area (Å²) in [7, 11) is 4.63. The molecule has 0 saturated carbocycles. The molecule has 1 atom stereocenters. The van der Waals surface area contributed by atoms with E-state index in [4.69, 9.17) is 28.4 Å². The van der Waals surface area contributed by atoms with Crippen LogP contribution >= 0.6 is 0 Å². The van der Waals surface area contributed by atoms with E-state index in [2.05, 4.69) is 52.3 Å². The Bertz CT molecular complexity index is 2240. The van der Waals surface area contributed by atoms with E-state index in [0.717, 1.165) is 21.9 Å². The Balaban J connectivity index is 1.25. The van der Waals surface area contributed by atoms with Gasteiger partial charge in [-0.25, -0.2) is 9.78 Å². The minimum atomic E-state index is -0.654. The third-order valence-corrected chi connectivity index (χ3v) is 9.15. The number of amides is 4. The molecule has 1 aromatic heterocycles. The molecule has 15 nitrogen and oxygen atoms in total. The Morgan fingerprint density at radius 1 is 0.783 bits per heavy atom. The van der Waals surface area contributed by atoms with Crippen molar-refractivity contribution in [3.63, 3.8) is 0 Å². The van der Waals surface area contributed by atoms with Crippen molar-refractivity contribution in [2.24, 2.45) is 0 Å². The quantitative estimate of drug-likeness (QED) is 0.0383. The summed E-state index contributed by atoms with van der Waals surface area (Å²) >= 11 is 0. The van der Waals surface area contributed by atoms with Crippen molar-refractivity contribution in [3.8, 4) is 17.2 Å². The van der Waals surface area contributed by atoms with Crippen molar-refractivity contribution in [1.29, 1.82) is 0 Å². The molecule has 1 unspecified atom stereocenters. The third-order valence-electron chi connectivity index (χ3n) is 9.15. The molecule has 4 amide bonds. The Morgan fingerprint density at radius 2 is 1.53 bits per heavy atom. The number of carbonyl (C=O) groups excluding carboxylic acids is 3. The normalized spacial score (nSPS) is 11.7. The summed E-state index contributed by atoms with van der Waals surface area (Å²) in [6.45, 7) is 9.80. The van der Waals surface area contributed by atoms with E-state index in [1.807, 2.05) is 42.5 Å².